The number of ether oxygens (including phenoxy) is 2. The van der Waals surface area contributed by atoms with Gasteiger partial charge in [-0.15, -0.1) is 0 Å². The van der Waals surface area contributed by atoms with E-state index >= 15 is 0 Å². The van der Waals surface area contributed by atoms with Crippen molar-refractivity contribution in [1.82, 2.24) is 4.31 Å². The van der Waals surface area contributed by atoms with Crippen molar-refractivity contribution in [2.75, 3.05) is 50.1 Å². The number of esters is 1. The number of para-hydroxylation sites is 1. The van der Waals surface area contributed by atoms with Gasteiger partial charge in [0.25, 0.3) is 5.91 Å². The summed E-state index contributed by atoms with van der Waals surface area (Å²) in [6.07, 6.45) is -1.10. The Bertz CT molecular complexity index is 1070. The predicted octanol–water partition coefficient (Wildman–Crippen LogP) is 1.30. The molecular formula is C22H27N3O7S. The Labute approximate surface area is 192 Å². The van der Waals surface area contributed by atoms with Crippen molar-refractivity contribution < 1.29 is 32.6 Å². The highest BCUT2D eigenvalue weighted by molar-refractivity contribution is 7.89. The molecule has 1 unspecified atom stereocenters. The number of aliphatic hydroxyl groups excluding tert-OH is 1. The molecule has 178 valence electrons. The number of carbonyl (C=O) groups is 2. The molecule has 0 spiro atoms. The Balaban J connectivity index is 1.60. The second-order valence-electron chi connectivity index (χ2n) is 7.27. The second-order valence-corrected chi connectivity index (χ2v) is 9.21. The van der Waals surface area contributed by atoms with E-state index in [1.807, 2.05) is 0 Å². The van der Waals surface area contributed by atoms with Crippen LogP contribution in [0.2, 0.25) is 0 Å². The predicted molar refractivity (Wildman–Crippen MR) is 122 cm³/mol. The van der Waals surface area contributed by atoms with E-state index in [1.54, 1.807) is 24.3 Å². The molecule has 3 N–H and O–H groups in total. The van der Waals surface area contributed by atoms with Crippen LogP contribution in [0.4, 0.5) is 11.4 Å². The maximum absolute atomic E-state index is 12.7. The Kier molecular flexibility index (Phi) is 8.39. The maximum atomic E-state index is 12.7. The first-order valence-corrected chi connectivity index (χ1v) is 11.9. The number of rotatable bonds is 9. The van der Waals surface area contributed by atoms with Crippen molar-refractivity contribution in [2.45, 2.75) is 17.9 Å². The number of hydrogen-bond acceptors (Lipinski definition) is 8. The molecule has 1 aliphatic heterocycles. The number of hydrogen-bond donors (Lipinski definition) is 3. The largest absolute Gasteiger partial charge is 0.449 e. The van der Waals surface area contributed by atoms with E-state index in [1.165, 1.54) is 35.5 Å². The van der Waals surface area contributed by atoms with Gasteiger partial charge in [-0.2, -0.15) is 4.31 Å². The van der Waals surface area contributed by atoms with Crippen LogP contribution in [-0.4, -0.2) is 75.3 Å². The van der Waals surface area contributed by atoms with Crippen LogP contribution in [-0.2, 0) is 24.3 Å². The van der Waals surface area contributed by atoms with Gasteiger partial charge in [0.05, 0.1) is 30.3 Å². The molecule has 1 fully saturated rings. The number of aliphatic hydroxyl groups is 1. The van der Waals surface area contributed by atoms with Crippen molar-refractivity contribution in [3.8, 4) is 0 Å². The summed E-state index contributed by atoms with van der Waals surface area (Å²) < 4.78 is 37.2. The molecule has 1 atom stereocenters. The number of nitrogens with one attached hydrogen (secondary N) is 2. The number of amides is 1. The Morgan fingerprint density at radius 1 is 1.12 bits per heavy atom. The number of sulfonamides is 1. The molecule has 0 aromatic heterocycles. The molecule has 0 bridgehead atoms. The molecule has 1 heterocycles. The van der Waals surface area contributed by atoms with E-state index in [0.29, 0.717) is 37.7 Å². The summed E-state index contributed by atoms with van der Waals surface area (Å²) in [5.74, 6) is -1.25. The zero-order valence-corrected chi connectivity index (χ0v) is 19.0. The lowest BCUT2D eigenvalue weighted by molar-refractivity contribution is -0.123. The third-order valence-corrected chi connectivity index (χ3v) is 6.87. The highest BCUT2D eigenvalue weighted by Gasteiger charge is 2.26. The molecule has 2 aromatic carbocycles. The summed E-state index contributed by atoms with van der Waals surface area (Å²) in [7, 11) is -3.63. The van der Waals surface area contributed by atoms with Gasteiger partial charge in [0, 0.05) is 31.0 Å². The van der Waals surface area contributed by atoms with Gasteiger partial charge in [-0.3, -0.25) is 4.79 Å². The van der Waals surface area contributed by atoms with Crippen molar-refractivity contribution in [2.24, 2.45) is 0 Å². The fourth-order valence-corrected chi connectivity index (χ4v) is 4.58. The van der Waals surface area contributed by atoms with Crippen molar-refractivity contribution >= 4 is 33.3 Å². The third-order valence-electron chi connectivity index (χ3n) is 4.96. The molecule has 33 heavy (non-hydrogen) atoms. The molecule has 1 amide bonds. The number of anilines is 2. The first-order valence-electron chi connectivity index (χ1n) is 10.5. The van der Waals surface area contributed by atoms with E-state index in [2.05, 4.69) is 10.6 Å². The first kappa shape index (κ1) is 24.6. The summed E-state index contributed by atoms with van der Waals surface area (Å²) in [6, 6.07) is 12.4. The average Bonchev–Trinajstić information content (AvgIpc) is 2.83. The van der Waals surface area contributed by atoms with E-state index in [9.17, 15) is 18.0 Å². The zero-order valence-electron chi connectivity index (χ0n) is 18.2. The summed E-state index contributed by atoms with van der Waals surface area (Å²) in [5, 5.41) is 14.5. The standard InChI is InChI=1S/C22H27N3O7S/c1-16(32-22(28)19-4-2-3-5-20(19)23-10-13-26)21(27)24-17-6-8-18(9-7-17)33(29,30)25-11-14-31-15-12-25/h2-9,16,23,26H,10-15H2,1H3,(H,24,27). The smallest absolute Gasteiger partial charge is 0.341 e. The summed E-state index contributed by atoms with van der Waals surface area (Å²) in [6.45, 7) is 2.89. The fourth-order valence-electron chi connectivity index (χ4n) is 3.17. The minimum Gasteiger partial charge on any atom is -0.449 e. The molecule has 1 saturated heterocycles. The van der Waals surface area contributed by atoms with E-state index < -0.39 is 28.0 Å². The molecule has 3 rings (SSSR count). The fraction of sp³-hybridized carbons (Fsp3) is 0.364. The van der Waals surface area contributed by atoms with E-state index in [-0.39, 0.29) is 23.6 Å². The summed E-state index contributed by atoms with van der Waals surface area (Å²) >= 11 is 0. The number of morpholine rings is 1. The van der Waals surface area contributed by atoms with Crippen LogP contribution < -0.4 is 10.6 Å². The van der Waals surface area contributed by atoms with Gasteiger partial charge in [-0.25, -0.2) is 13.2 Å². The molecule has 0 saturated carbocycles. The van der Waals surface area contributed by atoms with Crippen LogP contribution in [0.25, 0.3) is 0 Å². The normalized spacial score (nSPS) is 15.5. The average molecular weight is 478 g/mol. The number of nitrogens with zero attached hydrogens (tertiary/aromatic N) is 1. The van der Waals surface area contributed by atoms with Crippen LogP contribution in [0.5, 0.6) is 0 Å². The van der Waals surface area contributed by atoms with Gasteiger partial charge in [0.2, 0.25) is 10.0 Å². The van der Waals surface area contributed by atoms with E-state index in [4.69, 9.17) is 14.6 Å². The van der Waals surface area contributed by atoms with Crippen LogP contribution in [0.15, 0.2) is 53.4 Å². The maximum Gasteiger partial charge on any atom is 0.341 e. The summed E-state index contributed by atoms with van der Waals surface area (Å²) in [5.41, 5.74) is 1.10. The van der Waals surface area contributed by atoms with Crippen LogP contribution in [0.3, 0.4) is 0 Å². The lowest BCUT2D eigenvalue weighted by atomic mass is 10.1. The van der Waals surface area contributed by atoms with Gasteiger partial charge < -0.3 is 25.2 Å². The third kappa shape index (κ3) is 6.29. The lowest BCUT2D eigenvalue weighted by Gasteiger charge is -2.26. The topological polar surface area (TPSA) is 134 Å². The van der Waals surface area contributed by atoms with Crippen molar-refractivity contribution in [3.63, 3.8) is 0 Å². The Morgan fingerprint density at radius 3 is 2.45 bits per heavy atom. The SMILES string of the molecule is CC(OC(=O)c1ccccc1NCCO)C(=O)Nc1ccc(S(=O)(=O)N2CCOCC2)cc1. The zero-order chi connectivity index (χ0) is 23.8. The quantitative estimate of drug-likeness (QED) is 0.460. The molecule has 0 aliphatic carbocycles. The monoisotopic (exact) mass is 477 g/mol. The first-order chi connectivity index (χ1) is 15.8. The van der Waals surface area contributed by atoms with Gasteiger partial charge in [0.1, 0.15) is 0 Å². The highest BCUT2D eigenvalue weighted by atomic mass is 32.2. The van der Waals surface area contributed by atoms with Gasteiger partial charge in [0.15, 0.2) is 6.10 Å². The van der Waals surface area contributed by atoms with E-state index in [0.717, 1.165) is 0 Å². The van der Waals surface area contributed by atoms with Gasteiger partial charge >= 0.3 is 5.97 Å². The lowest BCUT2D eigenvalue weighted by Crippen LogP contribution is -2.40. The molecule has 0 radical (unpaired) electrons. The highest BCUT2D eigenvalue weighted by Crippen LogP contribution is 2.20. The minimum absolute atomic E-state index is 0.102. The van der Waals surface area contributed by atoms with Gasteiger partial charge in [-0.05, 0) is 43.3 Å². The minimum atomic E-state index is -3.63. The molecule has 1 aliphatic rings. The van der Waals surface area contributed by atoms with Crippen molar-refractivity contribution in [3.05, 3.63) is 54.1 Å². The van der Waals surface area contributed by atoms with Crippen LogP contribution >= 0.6 is 0 Å². The Hall–Kier alpha value is -2.99. The molecule has 2 aromatic rings. The number of carbonyl (C=O) groups excluding carboxylic acids is 2. The second kappa shape index (κ2) is 11.2. The number of benzene rings is 2. The Morgan fingerprint density at radius 2 is 1.79 bits per heavy atom. The van der Waals surface area contributed by atoms with Crippen LogP contribution in [0, 0.1) is 0 Å². The van der Waals surface area contributed by atoms with Crippen LogP contribution in [0.1, 0.15) is 17.3 Å². The van der Waals surface area contributed by atoms with Crippen molar-refractivity contribution in [1.29, 1.82) is 0 Å². The molecular weight excluding hydrogens is 450 g/mol. The summed E-state index contributed by atoms with van der Waals surface area (Å²) in [4.78, 5) is 25.1. The van der Waals surface area contributed by atoms with Gasteiger partial charge in [-0.1, -0.05) is 12.1 Å². The molecule has 10 nitrogen and oxygen atoms in total. The molecule has 11 heteroatoms.